The van der Waals surface area contributed by atoms with E-state index in [-0.39, 0.29) is 5.75 Å². The van der Waals surface area contributed by atoms with Crippen molar-refractivity contribution in [2.45, 2.75) is 0 Å². The molecule has 5 nitrogen and oxygen atoms in total. The topological polar surface area (TPSA) is 94.3 Å². The number of nitrogens with zero attached hydrogens (tertiary/aromatic N) is 1. The highest BCUT2D eigenvalue weighted by Crippen LogP contribution is 2.26. The van der Waals surface area contributed by atoms with Gasteiger partial charge in [-0.2, -0.15) is 0 Å². The molecule has 2 aromatic rings. The Bertz CT molecular complexity index is 516. The van der Waals surface area contributed by atoms with E-state index < -0.39 is 6.03 Å². The summed E-state index contributed by atoms with van der Waals surface area (Å²) < 4.78 is 1.24. The summed E-state index contributed by atoms with van der Waals surface area (Å²) in [4.78, 5) is 11.0. The fraction of sp³-hybridized carbons (Fsp3) is 0. The van der Waals surface area contributed by atoms with E-state index in [9.17, 15) is 9.90 Å². The number of benzene rings is 1. The van der Waals surface area contributed by atoms with Gasteiger partial charge in [0.25, 0.3) is 0 Å². The number of rotatable bonds is 0. The van der Waals surface area contributed by atoms with E-state index in [2.05, 4.69) is 0 Å². The molecular formula is C9H9N3O2. The van der Waals surface area contributed by atoms with Gasteiger partial charge in [-0.3, -0.25) is 4.57 Å². The average Bonchev–Trinajstić information content (AvgIpc) is 2.44. The summed E-state index contributed by atoms with van der Waals surface area (Å²) in [5, 5.41) is 9.84. The van der Waals surface area contributed by atoms with Gasteiger partial charge in [-0.1, -0.05) is 0 Å². The summed E-state index contributed by atoms with van der Waals surface area (Å²) in [5.41, 5.74) is 11.8. The highest BCUT2D eigenvalue weighted by molar-refractivity contribution is 5.99. The van der Waals surface area contributed by atoms with Crippen LogP contribution >= 0.6 is 0 Å². The number of nitrogens with two attached hydrogens (primary N) is 2. The molecule has 0 unspecified atom stereocenters. The molecule has 0 aliphatic heterocycles. The molecule has 0 radical (unpaired) electrons. The first kappa shape index (κ1) is 8.43. The number of hydrogen-bond acceptors (Lipinski definition) is 3. The zero-order chi connectivity index (χ0) is 10.3. The Hall–Kier alpha value is -2.17. The van der Waals surface area contributed by atoms with Crippen molar-refractivity contribution in [3.63, 3.8) is 0 Å². The Labute approximate surface area is 79.5 Å². The molecule has 5 heteroatoms. The number of carbonyl (C=O) groups is 1. The van der Waals surface area contributed by atoms with Crippen molar-refractivity contribution >= 4 is 22.6 Å². The fourth-order valence-electron chi connectivity index (χ4n) is 1.43. The van der Waals surface area contributed by atoms with Gasteiger partial charge in [0.1, 0.15) is 5.75 Å². The summed E-state index contributed by atoms with van der Waals surface area (Å²) in [5.74, 6) is 0.103. The summed E-state index contributed by atoms with van der Waals surface area (Å²) in [6, 6.07) is 3.95. The van der Waals surface area contributed by atoms with Crippen molar-refractivity contribution in [3.8, 4) is 5.75 Å². The number of carbonyl (C=O) groups excluding carboxylic acids is 1. The third kappa shape index (κ3) is 1.06. The van der Waals surface area contributed by atoms with Gasteiger partial charge in [-0.15, -0.1) is 0 Å². The fourth-order valence-corrected chi connectivity index (χ4v) is 1.43. The van der Waals surface area contributed by atoms with Crippen LogP contribution in [0.2, 0.25) is 0 Å². The van der Waals surface area contributed by atoms with Crippen LogP contribution in [0.3, 0.4) is 0 Å². The highest BCUT2D eigenvalue weighted by Gasteiger charge is 2.09. The highest BCUT2D eigenvalue weighted by atomic mass is 16.3. The lowest BCUT2D eigenvalue weighted by Gasteiger charge is -1.98. The van der Waals surface area contributed by atoms with E-state index in [0.717, 1.165) is 0 Å². The number of phenols is 1. The maximum absolute atomic E-state index is 11.0. The number of phenolic OH excluding ortho intramolecular Hbond substituents is 1. The number of fused-ring (bicyclic) bond motifs is 1. The van der Waals surface area contributed by atoms with E-state index in [1.54, 1.807) is 6.07 Å². The minimum absolute atomic E-state index is 0.103. The number of aromatic hydroxyl groups is 1. The van der Waals surface area contributed by atoms with E-state index >= 15 is 0 Å². The molecule has 2 rings (SSSR count). The zero-order valence-electron chi connectivity index (χ0n) is 7.27. The predicted octanol–water partition coefficient (Wildman–Crippen LogP) is 0.856. The quantitative estimate of drug-likeness (QED) is 0.576. The molecule has 0 fully saturated rings. The first-order valence-electron chi connectivity index (χ1n) is 3.99. The number of amides is 1. The van der Waals surface area contributed by atoms with Crippen LogP contribution in [0.5, 0.6) is 5.75 Å². The third-order valence-electron chi connectivity index (χ3n) is 2.06. The van der Waals surface area contributed by atoms with Crippen molar-refractivity contribution in [1.82, 2.24) is 4.57 Å². The Balaban J connectivity index is 2.84. The standard InChI is InChI=1S/C9H9N3O2/c10-7-4-12(9(11)14)8-2-1-5(13)3-6(7)8/h1-4,13H,10H2,(H2,11,14). The van der Waals surface area contributed by atoms with Crippen LogP contribution in [0.4, 0.5) is 10.5 Å². The summed E-state index contributed by atoms with van der Waals surface area (Å²) in [6.45, 7) is 0. The number of hydrogen-bond donors (Lipinski definition) is 3. The molecule has 0 atom stereocenters. The van der Waals surface area contributed by atoms with Gasteiger partial charge in [0, 0.05) is 11.6 Å². The van der Waals surface area contributed by atoms with E-state index in [1.165, 1.54) is 22.9 Å². The lowest BCUT2D eigenvalue weighted by Crippen LogP contribution is -2.18. The van der Waals surface area contributed by atoms with Crippen LogP contribution in [0.15, 0.2) is 24.4 Å². The van der Waals surface area contributed by atoms with Crippen molar-refractivity contribution in [2.24, 2.45) is 5.73 Å². The van der Waals surface area contributed by atoms with Crippen molar-refractivity contribution < 1.29 is 9.90 Å². The molecule has 0 bridgehead atoms. The molecule has 0 saturated carbocycles. The van der Waals surface area contributed by atoms with Crippen LogP contribution in [0.1, 0.15) is 0 Å². The second-order valence-electron chi connectivity index (χ2n) is 2.99. The minimum atomic E-state index is -0.600. The molecular weight excluding hydrogens is 182 g/mol. The van der Waals surface area contributed by atoms with Crippen LogP contribution in [0, 0.1) is 0 Å². The Morgan fingerprint density at radius 1 is 1.43 bits per heavy atom. The van der Waals surface area contributed by atoms with Crippen LogP contribution in [-0.4, -0.2) is 15.7 Å². The lowest BCUT2D eigenvalue weighted by atomic mass is 10.2. The average molecular weight is 191 g/mol. The maximum Gasteiger partial charge on any atom is 0.323 e. The van der Waals surface area contributed by atoms with E-state index in [0.29, 0.717) is 16.6 Å². The monoisotopic (exact) mass is 191 g/mol. The van der Waals surface area contributed by atoms with Crippen molar-refractivity contribution in [2.75, 3.05) is 5.73 Å². The Kier molecular flexibility index (Phi) is 1.60. The third-order valence-corrected chi connectivity index (χ3v) is 2.06. The second kappa shape index (κ2) is 2.66. The zero-order valence-corrected chi connectivity index (χ0v) is 7.27. The maximum atomic E-state index is 11.0. The van der Waals surface area contributed by atoms with Crippen LogP contribution in [0.25, 0.3) is 10.9 Å². The molecule has 0 aliphatic rings. The molecule has 0 spiro atoms. The van der Waals surface area contributed by atoms with Gasteiger partial charge >= 0.3 is 6.03 Å². The molecule has 72 valence electrons. The first-order valence-corrected chi connectivity index (χ1v) is 3.99. The van der Waals surface area contributed by atoms with Crippen molar-refractivity contribution in [1.29, 1.82) is 0 Å². The molecule has 5 N–H and O–H groups in total. The normalized spacial score (nSPS) is 10.6. The molecule has 0 saturated heterocycles. The van der Waals surface area contributed by atoms with Gasteiger partial charge in [0.15, 0.2) is 0 Å². The van der Waals surface area contributed by atoms with E-state index in [4.69, 9.17) is 11.5 Å². The van der Waals surface area contributed by atoms with Gasteiger partial charge in [0.2, 0.25) is 0 Å². The SMILES string of the molecule is NC(=O)n1cc(N)c2cc(O)ccc21. The Morgan fingerprint density at radius 3 is 2.79 bits per heavy atom. The number of aromatic nitrogens is 1. The number of anilines is 1. The second-order valence-corrected chi connectivity index (χ2v) is 2.99. The van der Waals surface area contributed by atoms with Crippen LogP contribution in [-0.2, 0) is 0 Å². The van der Waals surface area contributed by atoms with E-state index in [1.807, 2.05) is 0 Å². The van der Waals surface area contributed by atoms with Gasteiger partial charge in [-0.05, 0) is 18.2 Å². The summed E-state index contributed by atoms with van der Waals surface area (Å²) in [7, 11) is 0. The minimum Gasteiger partial charge on any atom is -0.508 e. The molecule has 14 heavy (non-hydrogen) atoms. The summed E-state index contributed by atoms with van der Waals surface area (Å²) in [6.07, 6.45) is 1.44. The van der Waals surface area contributed by atoms with Gasteiger partial charge in [0.05, 0.1) is 11.2 Å². The summed E-state index contributed by atoms with van der Waals surface area (Å²) >= 11 is 0. The van der Waals surface area contributed by atoms with Gasteiger partial charge in [-0.25, -0.2) is 4.79 Å². The lowest BCUT2D eigenvalue weighted by molar-refractivity contribution is 0.251. The Morgan fingerprint density at radius 2 is 2.14 bits per heavy atom. The smallest absolute Gasteiger partial charge is 0.323 e. The van der Waals surface area contributed by atoms with Crippen molar-refractivity contribution in [3.05, 3.63) is 24.4 Å². The van der Waals surface area contributed by atoms with Crippen LogP contribution < -0.4 is 11.5 Å². The molecule has 1 heterocycles. The number of primary amides is 1. The number of nitrogen functional groups attached to an aromatic ring is 1. The molecule has 1 aromatic heterocycles. The largest absolute Gasteiger partial charge is 0.508 e. The first-order chi connectivity index (χ1) is 6.59. The van der Waals surface area contributed by atoms with Gasteiger partial charge < -0.3 is 16.6 Å². The predicted molar refractivity (Wildman–Crippen MR) is 53.0 cm³/mol. The molecule has 0 aliphatic carbocycles. The molecule has 1 amide bonds. The molecule has 1 aromatic carbocycles.